The highest BCUT2D eigenvalue weighted by atomic mass is 16.6. The number of likely N-dealkylation sites (tertiary alicyclic amines) is 1. The minimum absolute atomic E-state index is 0.0961. The number of carboxylic acids is 1. The second-order valence-corrected chi connectivity index (χ2v) is 6.68. The molecule has 5 heteroatoms. The van der Waals surface area contributed by atoms with E-state index in [9.17, 15) is 14.7 Å². The van der Waals surface area contributed by atoms with Crippen LogP contribution < -0.4 is 0 Å². The third-order valence-corrected chi connectivity index (χ3v) is 4.07. The fourth-order valence-corrected chi connectivity index (χ4v) is 3.25. The first-order valence-corrected chi connectivity index (χ1v) is 6.98. The Labute approximate surface area is 113 Å². The molecule has 1 aliphatic heterocycles. The fourth-order valence-electron chi connectivity index (χ4n) is 3.25. The number of hydrogen-bond donors (Lipinski definition) is 1. The highest BCUT2D eigenvalue weighted by molar-refractivity contribution is 5.72. The van der Waals surface area contributed by atoms with Gasteiger partial charge in [-0.25, -0.2) is 4.79 Å². The maximum atomic E-state index is 12.0. The van der Waals surface area contributed by atoms with Gasteiger partial charge in [0.25, 0.3) is 0 Å². The highest BCUT2D eigenvalue weighted by Crippen LogP contribution is 2.40. The van der Waals surface area contributed by atoms with Crippen molar-refractivity contribution in [2.24, 2.45) is 17.8 Å². The summed E-state index contributed by atoms with van der Waals surface area (Å²) in [6.07, 6.45) is 2.39. The largest absolute Gasteiger partial charge is 0.481 e. The molecule has 0 aromatic carbocycles. The summed E-state index contributed by atoms with van der Waals surface area (Å²) in [6.45, 7) is 6.69. The first kappa shape index (κ1) is 14.2. The summed E-state index contributed by atoms with van der Waals surface area (Å²) >= 11 is 0. The number of carbonyl (C=O) groups excluding carboxylic acids is 1. The van der Waals surface area contributed by atoms with Gasteiger partial charge in [0.15, 0.2) is 0 Å². The van der Waals surface area contributed by atoms with E-state index in [1.807, 2.05) is 20.8 Å². The maximum absolute atomic E-state index is 12.0. The number of aliphatic carboxylic acids is 1. The molecule has 0 radical (unpaired) electrons. The quantitative estimate of drug-likeness (QED) is 0.793. The molecule has 2 fully saturated rings. The average Bonchev–Trinajstić information content (AvgIpc) is 2.69. The fraction of sp³-hybridized carbons (Fsp3) is 0.857. The molecular weight excluding hydrogens is 246 g/mol. The molecule has 0 spiro atoms. The second-order valence-electron chi connectivity index (χ2n) is 6.68. The van der Waals surface area contributed by atoms with Gasteiger partial charge in [0.1, 0.15) is 5.60 Å². The Kier molecular flexibility index (Phi) is 3.74. The first-order valence-electron chi connectivity index (χ1n) is 6.98. The lowest BCUT2D eigenvalue weighted by molar-refractivity contribution is -0.145. The Morgan fingerprint density at radius 1 is 1.21 bits per heavy atom. The maximum Gasteiger partial charge on any atom is 0.410 e. The molecule has 1 N–H and O–H groups in total. The van der Waals surface area contributed by atoms with Crippen molar-refractivity contribution in [1.29, 1.82) is 0 Å². The molecule has 0 unspecified atom stereocenters. The predicted molar refractivity (Wildman–Crippen MR) is 69.8 cm³/mol. The van der Waals surface area contributed by atoms with Crippen molar-refractivity contribution in [3.05, 3.63) is 0 Å². The van der Waals surface area contributed by atoms with Crippen LogP contribution in [0.5, 0.6) is 0 Å². The number of hydrogen-bond acceptors (Lipinski definition) is 3. The minimum atomic E-state index is -0.722. The summed E-state index contributed by atoms with van der Waals surface area (Å²) in [6, 6.07) is 0. The zero-order valence-corrected chi connectivity index (χ0v) is 11.9. The second kappa shape index (κ2) is 5.02. The topological polar surface area (TPSA) is 66.8 Å². The van der Waals surface area contributed by atoms with Crippen LogP contribution in [-0.4, -0.2) is 40.8 Å². The van der Waals surface area contributed by atoms with Crippen LogP contribution in [0, 0.1) is 17.8 Å². The summed E-state index contributed by atoms with van der Waals surface area (Å²) in [5, 5.41) is 9.26. The molecule has 0 bridgehead atoms. The molecule has 19 heavy (non-hydrogen) atoms. The lowest BCUT2D eigenvalue weighted by Crippen LogP contribution is -2.36. The number of carboxylic acid groups (broad SMARTS) is 1. The van der Waals surface area contributed by atoms with Gasteiger partial charge in [-0.15, -0.1) is 0 Å². The highest BCUT2D eigenvalue weighted by Gasteiger charge is 2.45. The summed E-state index contributed by atoms with van der Waals surface area (Å²) < 4.78 is 5.36. The Bertz CT molecular complexity index is 374. The SMILES string of the molecule is CC(C)(C)OC(=O)N1C[C@@H]2CCC[C@@H](C(=O)O)[C@H]2C1. The third-order valence-electron chi connectivity index (χ3n) is 4.07. The summed E-state index contributed by atoms with van der Waals surface area (Å²) in [7, 11) is 0. The van der Waals surface area contributed by atoms with Gasteiger partial charge >= 0.3 is 12.1 Å². The molecule has 3 atom stereocenters. The van der Waals surface area contributed by atoms with Crippen molar-refractivity contribution in [3.63, 3.8) is 0 Å². The van der Waals surface area contributed by atoms with E-state index in [1.54, 1.807) is 4.90 Å². The van der Waals surface area contributed by atoms with Crippen LogP contribution in [0.3, 0.4) is 0 Å². The molecule has 1 saturated heterocycles. The van der Waals surface area contributed by atoms with Gasteiger partial charge in [-0.2, -0.15) is 0 Å². The third kappa shape index (κ3) is 3.19. The lowest BCUT2D eigenvalue weighted by atomic mass is 9.74. The minimum Gasteiger partial charge on any atom is -0.481 e. The predicted octanol–water partition coefficient (Wildman–Crippen LogP) is 2.35. The molecule has 1 amide bonds. The van der Waals surface area contributed by atoms with Crippen LogP contribution in [0.25, 0.3) is 0 Å². The molecule has 2 rings (SSSR count). The van der Waals surface area contributed by atoms with Crippen molar-refractivity contribution < 1.29 is 19.4 Å². The standard InChI is InChI=1S/C14H23NO4/c1-14(2,3)19-13(18)15-7-9-5-4-6-10(12(16)17)11(9)8-15/h9-11H,4-8H2,1-3H3,(H,16,17)/t9-,10+,11-/m0/s1. The Morgan fingerprint density at radius 3 is 2.47 bits per heavy atom. The van der Waals surface area contributed by atoms with Crippen molar-refractivity contribution >= 4 is 12.1 Å². The van der Waals surface area contributed by atoms with Gasteiger partial charge in [0.2, 0.25) is 0 Å². The van der Waals surface area contributed by atoms with Gasteiger partial charge in [-0.3, -0.25) is 4.79 Å². The van der Waals surface area contributed by atoms with E-state index < -0.39 is 11.6 Å². The van der Waals surface area contributed by atoms with E-state index in [1.165, 1.54) is 0 Å². The van der Waals surface area contributed by atoms with Crippen molar-refractivity contribution in [2.45, 2.75) is 45.6 Å². The number of ether oxygens (including phenoxy) is 1. The van der Waals surface area contributed by atoms with Gasteiger partial charge < -0.3 is 14.7 Å². The lowest BCUT2D eigenvalue weighted by Gasteiger charge is -2.29. The summed E-state index contributed by atoms with van der Waals surface area (Å²) in [5.74, 6) is -0.604. The Morgan fingerprint density at radius 2 is 1.89 bits per heavy atom. The molecular formula is C14H23NO4. The normalized spacial score (nSPS) is 30.9. The number of fused-ring (bicyclic) bond motifs is 1. The van der Waals surface area contributed by atoms with Crippen molar-refractivity contribution in [3.8, 4) is 0 Å². The van der Waals surface area contributed by atoms with Crippen LogP contribution in [0.1, 0.15) is 40.0 Å². The van der Waals surface area contributed by atoms with Crippen LogP contribution in [-0.2, 0) is 9.53 Å². The zero-order valence-electron chi connectivity index (χ0n) is 11.9. The molecule has 0 aromatic heterocycles. The summed E-state index contributed by atoms with van der Waals surface area (Å²) in [5.41, 5.74) is -0.503. The van der Waals surface area contributed by atoms with E-state index in [0.29, 0.717) is 19.0 Å². The molecule has 1 aliphatic carbocycles. The molecule has 2 aliphatic rings. The van der Waals surface area contributed by atoms with Gasteiger partial charge in [-0.05, 0) is 45.4 Å². The van der Waals surface area contributed by atoms with Crippen LogP contribution in [0.4, 0.5) is 4.79 Å². The van der Waals surface area contributed by atoms with E-state index >= 15 is 0 Å². The van der Waals surface area contributed by atoms with Gasteiger partial charge in [0.05, 0.1) is 5.92 Å². The molecule has 1 heterocycles. The summed E-state index contributed by atoms with van der Waals surface area (Å²) in [4.78, 5) is 25.0. The molecule has 108 valence electrons. The monoisotopic (exact) mass is 269 g/mol. The Balaban J connectivity index is 2.01. The number of rotatable bonds is 1. The van der Waals surface area contributed by atoms with Crippen LogP contribution in [0.15, 0.2) is 0 Å². The average molecular weight is 269 g/mol. The number of amides is 1. The van der Waals surface area contributed by atoms with E-state index in [0.717, 1.165) is 19.3 Å². The van der Waals surface area contributed by atoms with Crippen LogP contribution in [0.2, 0.25) is 0 Å². The first-order chi connectivity index (χ1) is 8.78. The smallest absolute Gasteiger partial charge is 0.410 e. The Hall–Kier alpha value is -1.26. The van der Waals surface area contributed by atoms with E-state index in [2.05, 4.69) is 0 Å². The molecule has 5 nitrogen and oxygen atoms in total. The van der Waals surface area contributed by atoms with Crippen molar-refractivity contribution in [2.75, 3.05) is 13.1 Å². The number of nitrogens with zero attached hydrogens (tertiary/aromatic N) is 1. The molecule has 0 aromatic rings. The van der Waals surface area contributed by atoms with E-state index in [-0.39, 0.29) is 17.9 Å². The molecule has 1 saturated carbocycles. The zero-order chi connectivity index (χ0) is 14.2. The van der Waals surface area contributed by atoms with E-state index in [4.69, 9.17) is 4.74 Å². The van der Waals surface area contributed by atoms with Crippen LogP contribution >= 0.6 is 0 Å². The van der Waals surface area contributed by atoms with Crippen molar-refractivity contribution in [1.82, 2.24) is 4.90 Å². The van der Waals surface area contributed by atoms with Gasteiger partial charge in [0, 0.05) is 13.1 Å². The number of carbonyl (C=O) groups is 2. The van der Waals surface area contributed by atoms with Gasteiger partial charge in [-0.1, -0.05) is 6.42 Å².